The number of nitrogens with one attached hydrogen (secondary N) is 3. The van der Waals surface area contributed by atoms with Crippen LogP contribution in [0.4, 0.5) is 0 Å². The molecule has 3 N–H and O–H groups in total. The second-order valence-electron chi connectivity index (χ2n) is 3.10. The molecule has 66 valence electrons. The highest BCUT2D eigenvalue weighted by Gasteiger charge is 2.12. The maximum atomic E-state index is 3.45. The summed E-state index contributed by atoms with van der Waals surface area (Å²) in [5, 5.41) is 9.96. The third-order valence-electron chi connectivity index (χ3n) is 2.10. The zero-order chi connectivity index (χ0) is 7.94. The summed E-state index contributed by atoms with van der Waals surface area (Å²) in [5.74, 6) is 0. The van der Waals surface area contributed by atoms with Gasteiger partial charge in [0.2, 0.25) is 0 Å². The smallest absolute Gasteiger partial charge is 0.0192 e. The van der Waals surface area contributed by atoms with Crippen LogP contribution < -0.4 is 16.0 Å². The van der Waals surface area contributed by atoms with Crippen LogP contribution in [-0.2, 0) is 0 Å². The molecule has 1 rings (SSSR count). The average molecular weight is 157 g/mol. The molecule has 0 bridgehead atoms. The van der Waals surface area contributed by atoms with Crippen molar-refractivity contribution in [3.8, 4) is 0 Å². The van der Waals surface area contributed by atoms with E-state index in [9.17, 15) is 0 Å². The average Bonchev–Trinajstić information content (AvgIpc) is 2.50. The molecule has 3 heteroatoms. The van der Waals surface area contributed by atoms with Gasteiger partial charge in [-0.05, 0) is 26.4 Å². The molecule has 0 aromatic rings. The molecule has 0 aromatic heterocycles. The van der Waals surface area contributed by atoms with Crippen molar-refractivity contribution in [3.05, 3.63) is 0 Å². The summed E-state index contributed by atoms with van der Waals surface area (Å²) in [4.78, 5) is 0. The fourth-order valence-corrected chi connectivity index (χ4v) is 1.42. The fraction of sp³-hybridized carbons (Fsp3) is 1.00. The lowest BCUT2D eigenvalue weighted by Crippen LogP contribution is -2.36. The SMILES string of the molecule is CNCCNCC1CCCN1. The molecule has 1 fully saturated rings. The maximum absolute atomic E-state index is 3.45. The van der Waals surface area contributed by atoms with Crippen molar-refractivity contribution in [1.29, 1.82) is 0 Å². The van der Waals surface area contributed by atoms with Crippen LogP contribution in [-0.4, -0.2) is 39.3 Å². The molecule has 1 atom stereocenters. The Hall–Kier alpha value is -0.120. The number of rotatable bonds is 5. The Balaban J connectivity index is 1.86. The van der Waals surface area contributed by atoms with Crippen molar-refractivity contribution >= 4 is 0 Å². The molecule has 0 aliphatic carbocycles. The maximum Gasteiger partial charge on any atom is 0.0192 e. The van der Waals surface area contributed by atoms with Gasteiger partial charge in [-0.2, -0.15) is 0 Å². The van der Waals surface area contributed by atoms with Crippen LogP contribution in [0.25, 0.3) is 0 Å². The summed E-state index contributed by atoms with van der Waals surface area (Å²) in [6.45, 7) is 4.47. The molecular formula is C8H19N3. The van der Waals surface area contributed by atoms with Gasteiger partial charge in [0.15, 0.2) is 0 Å². The van der Waals surface area contributed by atoms with E-state index >= 15 is 0 Å². The molecule has 0 spiro atoms. The topological polar surface area (TPSA) is 36.1 Å². The molecule has 1 saturated heterocycles. The monoisotopic (exact) mass is 157 g/mol. The van der Waals surface area contributed by atoms with Gasteiger partial charge in [-0.15, -0.1) is 0 Å². The Morgan fingerprint density at radius 2 is 2.36 bits per heavy atom. The van der Waals surface area contributed by atoms with Crippen molar-refractivity contribution in [3.63, 3.8) is 0 Å². The molecule has 1 aliphatic heterocycles. The summed E-state index contributed by atoms with van der Waals surface area (Å²) < 4.78 is 0. The van der Waals surface area contributed by atoms with Gasteiger partial charge in [0.1, 0.15) is 0 Å². The standard InChI is InChI=1S/C8H19N3/c1-9-5-6-10-7-8-3-2-4-11-8/h8-11H,2-7H2,1H3. The zero-order valence-electron chi connectivity index (χ0n) is 7.32. The van der Waals surface area contributed by atoms with Crippen molar-refractivity contribution in [2.24, 2.45) is 0 Å². The van der Waals surface area contributed by atoms with Crippen LogP contribution in [0.1, 0.15) is 12.8 Å². The summed E-state index contributed by atoms with van der Waals surface area (Å²) in [7, 11) is 1.98. The highest BCUT2D eigenvalue weighted by Crippen LogP contribution is 2.02. The van der Waals surface area contributed by atoms with E-state index in [1.54, 1.807) is 0 Å². The molecule has 1 heterocycles. The van der Waals surface area contributed by atoms with E-state index in [1.807, 2.05) is 7.05 Å². The van der Waals surface area contributed by atoms with E-state index in [2.05, 4.69) is 16.0 Å². The molecular weight excluding hydrogens is 138 g/mol. The Morgan fingerprint density at radius 3 is 3.00 bits per heavy atom. The second kappa shape index (κ2) is 5.52. The Morgan fingerprint density at radius 1 is 1.45 bits per heavy atom. The minimum Gasteiger partial charge on any atom is -0.318 e. The molecule has 1 aliphatic rings. The van der Waals surface area contributed by atoms with Crippen LogP contribution in [0, 0.1) is 0 Å². The van der Waals surface area contributed by atoms with Gasteiger partial charge in [-0.3, -0.25) is 0 Å². The predicted octanol–water partition coefficient (Wildman–Crippen LogP) is -0.453. The second-order valence-corrected chi connectivity index (χ2v) is 3.10. The summed E-state index contributed by atoms with van der Waals surface area (Å²) >= 11 is 0. The third-order valence-corrected chi connectivity index (χ3v) is 2.10. The first-order chi connectivity index (χ1) is 5.43. The van der Waals surface area contributed by atoms with E-state index in [4.69, 9.17) is 0 Å². The largest absolute Gasteiger partial charge is 0.318 e. The first-order valence-electron chi connectivity index (χ1n) is 4.52. The van der Waals surface area contributed by atoms with Gasteiger partial charge < -0.3 is 16.0 Å². The molecule has 0 aromatic carbocycles. The minimum absolute atomic E-state index is 0.729. The van der Waals surface area contributed by atoms with Crippen molar-refractivity contribution < 1.29 is 0 Å². The number of hydrogen-bond acceptors (Lipinski definition) is 3. The van der Waals surface area contributed by atoms with Crippen molar-refractivity contribution in [1.82, 2.24) is 16.0 Å². The molecule has 0 amide bonds. The van der Waals surface area contributed by atoms with Gasteiger partial charge in [0.05, 0.1) is 0 Å². The Bertz CT molecular complexity index is 89.3. The lowest BCUT2D eigenvalue weighted by atomic mass is 10.2. The van der Waals surface area contributed by atoms with E-state index < -0.39 is 0 Å². The normalized spacial score (nSPS) is 24.3. The van der Waals surface area contributed by atoms with Crippen LogP contribution in [0.2, 0.25) is 0 Å². The van der Waals surface area contributed by atoms with Gasteiger partial charge in [-0.1, -0.05) is 0 Å². The molecule has 11 heavy (non-hydrogen) atoms. The highest BCUT2D eigenvalue weighted by molar-refractivity contribution is 4.75. The number of likely N-dealkylation sites (N-methyl/N-ethyl adjacent to an activating group) is 1. The van der Waals surface area contributed by atoms with Gasteiger partial charge >= 0.3 is 0 Å². The molecule has 0 radical (unpaired) electrons. The molecule has 0 saturated carbocycles. The van der Waals surface area contributed by atoms with Crippen molar-refractivity contribution in [2.45, 2.75) is 18.9 Å². The van der Waals surface area contributed by atoms with Gasteiger partial charge in [0, 0.05) is 25.7 Å². The van der Waals surface area contributed by atoms with E-state index in [0.717, 1.165) is 25.7 Å². The third kappa shape index (κ3) is 3.70. The van der Waals surface area contributed by atoms with E-state index in [-0.39, 0.29) is 0 Å². The van der Waals surface area contributed by atoms with Crippen LogP contribution in [0.15, 0.2) is 0 Å². The van der Waals surface area contributed by atoms with Crippen LogP contribution in [0.3, 0.4) is 0 Å². The summed E-state index contributed by atoms with van der Waals surface area (Å²) in [6, 6.07) is 0.729. The molecule has 3 nitrogen and oxygen atoms in total. The Kier molecular flexibility index (Phi) is 4.50. The lowest BCUT2D eigenvalue weighted by Gasteiger charge is -2.10. The number of hydrogen-bond donors (Lipinski definition) is 3. The fourth-order valence-electron chi connectivity index (χ4n) is 1.42. The summed E-state index contributed by atoms with van der Waals surface area (Å²) in [6.07, 6.45) is 2.69. The molecule has 1 unspecified atom stereocenters. The van der Waals surface area contributed by atoms with E-state index in [0.29, 0.717) is 0 Å². The van der Waals surface area contributed by atoms with E-state index in [1.165, 1.54) is 19.4 Å². The predicted molar refractivity (Wildman–Crippen MR) is 47.8 cm³/mol. The Labute approximate surface area is 68.9 Å². The summed E-state index contributed by atoms with van der Waals surface area (Å²) in [5.41, 5.74) is 0. The zero-order valence-corrected chi connectivity index (χ0v) is 7.32. The minimum atomic E-state index is 0.729. The van der Waals surface area contributed by atoms with Crippen molar-refractivity contribution in [2.75, 3.05) is 33.2 Å². The lowest BCUT2D eigenvalue weighted by molar-refractivity contribution is 0.532. The van der Waals surface area contributed by atoms with Gasteiger partial charge in [-0.25, -0.2) is 0 Å². The first-order valence-corrected chi connectivity index (χ1v) is 4.52. The van der Waals surface area contributed by atoms with Crippen LogP contribution in [0.5, 0.6) is 0 Å². The highest BCUT2D eigenvalue weighted by atomic mass is 15.0. The van der Waals surface area contributed by atoms with Crippen LogP contribution >= 0.6 is 0 Å². The quantitative estimate of drug-likeness (QED) is 0.473. The van der Waals surface area contributed by atoms with Gasteiger partial charge in [0.25, 0.3) is 0 Å². The first kappa shape index (κ1) is 8.97.